The van der Waals surface area contributed by atoms with E-state index in [1.54, 1.807) is 5.48 Å². The van der Waals surface area contributed by atoms with Crippen molar-refractivity contribution in [3.05, 3.63) is 126 Å². The summed E-state index contributed by atoms with van der Waals surface area (Å²) in [6.07, 6.45) is 3.16. The fourth-order valence-electron chi connectivity index (χ4n) is 6.09. The number of carbonyl (C=O) groups is 2. The van der Waals surface area contributed by atoms with Crippen LogP contribution >= 0.6 is 0 Å². The van der Waals surface area contributed by atoms with Crippen LogP contribution in [0.4, 0.5) is 0 Å². The van der Waals surface area contributed by atoms with E-state index in [0.29, 0.717) is 38.8 Å². The second-order valence-electron chi connectivity index (χ2n) is 12.0. The summed E-state index contributed by atoms with van der Waals surface area (Å²) in [7, 11) is 0. The normalized spacial score (nSPS) is 17.7. The van der Waals surface area contributed by atoms with E-state index in [1.165, 1.54) is 0 Å². The summed E-state index contributed by atoms with van der Waals surface area (Å²) >= 11 is 0. The van der Waals surface area contributed by atoms with E-state index in [4.69, 9.17) is 14.7 Å². The molecule has 1 fully saturated rings. The predicted molar refractivity (Wildman–Crippen MR) is 180 cm³/mol. The molecule has 0 unspecified atom stereocenters. The molecule has 4 aromatic carbocycles. The summed E-state index contributed by atoms with van der Waals surface area (Å²) < 4.78 is 15.3. The van der Waals surface area contributed by atoms with Crippen molar-refractivity contribution in [2.45, 2.75) is 70.3 Å². The van der Waals surface area contributed by atoms with Crippen molar-refractivity contribution < 1.29 is 29.4 Å². The molecule has 0 saturated carbocycles. The fraction of sp³-hybridized carbons (Fsp3) is 0.289. The minimum atomic E-state index is -0.590. The van der Waals surface area contributed by atoms with Gasteiger partial charge in [0.1, 0.15) is 0 Å². The van der Waals surface area contributed by atoms with Crippen LogP contribution in [0.25, 0.3) is 22.2 Å². The van der Waals surface area contributed by atoms with Gasteiger partial charge < -0.3 is 24.5 Å². The lowest BCUT2D eigenvalue weighted by molar-refractivity contribution is -0.252. The Kier molecular flexibility index (Phi) is 10.9. The van der Waals surface area contributed by atoms with Crippen LogP contribution < -0.4 is 10.8 Å². The highest BCUT2D eigenvalue weighted by Crippen LogP contribution is 2.39. The molecule has 1 saturated heterocycles. The van der Waals surface area contributed by atoms with E-state index in [1.807, 2.05) is 97.3 Å². The number of nitrogens with zero attached hydrogens (tertiary/aromatic N) is 2. The number of imidazole rings is 1. The molecule has 248 valence electrons. The average Bonchev–Trinajstić information content (AvgIpc) is 3.55. The fourth-order valence-corrected chi connectivity index (χ4v) is 6.09. The highest BCUT2D eigenvalue weighted by molar-refractivity contribution is 5.77. The molecule has 10 nitrogen and oxygen atoms in total. The van der Waals surface area contributed by atoms with Crippen LogP contribution in [0.15, 0.2) is 103 Å². The molecule has 0 spiro atoms. The van der Waals surface area contributed by atoms with Crippen LogP contribution in [-0.2, 0) is 38.8 Å². The number of fused-ring (bicyclic) bond motifs is 1. The van der Waals surface area contributed by atoms with Crippen LogP contribution in [0.2, 0.25) is 0 Å². The number of carbonyl (C=O) groups excluding carboxylic acids is 2. The first kappa shape index (κ1) is 33.0. The van der Waals surface area contributed by atoms with Gasteiger partial charge in [0.25, 0.3) is 0 Å². The highest BCUT2D eigenvalue weighted by atomic mass is 16.7. The minimum absolute atomic E-state index is 0.0108. The van der Waals surface area contributed by atoms with Crippen molar-refractivity contribution >= 4 is 22.8 Å². The van der Waals surface area contributed by atoms with Crippen molar-refractivity contribution in [2.75, 3.05) is 0 Å². The maximum absolute atomic E-state index is 12.4. The number of aromatic nitrogens is 2. The number of aliphatic hydroxyl groups is 1. The first-order chi connectivity index (χ1) is 23.5. The third kappa shape index (κ3) is 8.15. The Bertz CT molecular complexity index is 1820. The summed E-state index contributed by atoms with van der Waals surface area (Å²) in [5.41, 5.74) is 9.40. The largest absolute Gasteiger partial charge is 0.392 e. The van der Waals surface area contributed by atoms with Crippen LogP contribution in [0, 0.1) is 0 Å². The molecule has 1 aliphatic rings. The lowest BCUT2D eigenvalue weighted by Crippen LogP contribution is -2.32. The number of aliphatic hydroxyl groups excluding tert-OH is 1. The first-order valence-corrected chi connectivity index (χ1v) is 16.3. The van der Waals surface area contributed by atoms with Crippen molar-refractivity contribution in [1.29, 1.82) is 0 Å². The number of rotatable bonds is 13. The van der Waals surface area contributed by atoms with Crippen molar-refractivity contribution in [3.63, 3.8) is 0 Å². The Morgan fingerprint density at radius 1 is 0.833 bits per heavy atom. The number of unbranched alkanes of at least 4 members (excludes halogenated alkanes) is 1. The van der Waals surface area contributed by atoms with Crippen LogP contribution in [-0.4, -0.2) is 37.8 Å². The molecule has 2 heterocycles. The van der Waals surface area contributed by atoms with E-state index in [-0.39, 0.29) is 31.1 Å². The maximum atomic E-state index is 12.4. The van der Waals surface area contributed by atoms with Gasteiger partial charge in [-0.3, -0.25) is 14.8 Å². The van der Waals surface area contributed by atoms with E-state index < -0.39 is 12.2 Å². The maximum Gasteiger partial charge on any atom is 0.243 e. The number of hydrogen-bond acceptors (Lipinski definition) is 7. The first-order valence-electron chi connectivity index (χ1n) is 16.3. The lowest BCUT2D eigenvalue weighted by Gasteiger charge is -2.36. The van der Waals surface area contributed by atoms with E-state index in [9.17, 15) is 14.7 Å². The summed E-state index contributed by atoms with van der Waals surface area (Å²) in [4.78, 5) is 28.2. The molecule has 48 heavy (non-hydrogen) atoms. The summed E-state index contributed by atoms with van der Waals surface area (Å²) in [6.45, 7) is 0.994. The number of ether oxygens (including phenoxy) is 2. The number of amides is 2. The van der Waals surface area contributed by atoms with Crippen LogP contribution in [0.1, 0.15) is 66.8 Å². The van der Waals surface area contributed by atoms with Crippen molar-refractivity contribution in [1.82, 2.24) is 20.3 Å². The van der Waals surface area contributed by atoms with Gasteiger partial charge in [0.05, 0.1) is 42.7 Å². The Hall–Kier alpha value is -4.87. The Labute approximate surface area is 279 Å². The standard InChI is InChI=1S/C38H40N4O6/c43-24-26-13-15-28(16-14-26)35-21-31(23-42-25-40-33-9-3-4-10-34(33)42)47-38(48-35)29-19-17-27(18-20-29)32-8-2-1-7-30(32)22-39-36(44)11-5-6-12-37(45)41-46/h1-4,7-10,13-20,25,31,35,38,43,46H,5-6,11-12,21-24H2,(H,39,44)(H,41,45)/t31-,35+,38+/m0/s1. The topological polar surface area (TPSA) is 135 Å². The third-order valence-electron chi connectivity index (χ3n) is 8.71. The van der Waals surface area contributed by atoms with Gasteiger partial charge in [0, 0.05) is 31.4 Å². The molecule has 6 rings (SSSR count). The number of hydroxylamine groups is 1. The number of hydrogen-bond donors (Lipinski definition) is 4. The second kappa shape index (κ2) is 15.8. The highest BCUT2D eigenvalue weighted by Gasteiger charge is 2.32. The monoisotopic (exact) mass is 648 g/mol. The summed E-state index contributed by atoms with van der Waals surface area (Å²) in [6, 6.07) is 32.1. The van der Waals surface area contributed by atoms with E-state index in [2.05, 4.69) is 20.9 Å². The predicted octanol–water partition coefficient (Wildman–Crippen LogP) is 6.12. The molecule has 3 atom stereocenters. The quantitative estimate of drug-likeness (QED) is 0.0686. The van der Waals surface area contributed by atoms with E-state index in [0.717, 1.165) is 44.4 Å². The molecular formula is C38H40N4O6. The smallest absolute Gasteiger partial charge is 0.243 e. The second-order valence-corrected chi connectivity index (χ2v) is 12.0. The van der Waals surface area contributed by atoms with Crippen molar-refractivity contribution in [3.8, 4) is 11.1 Å². The van der Waals surface area contributed by atoms with Gasteiger partial charge in [-0.25, -0.2) is 10.5 Å². The summed E-state index contributed by atoms with van der Waals surface area (Å²) in [5, 5.41) is 21.1. The molecule has 2 amide bonds. The van der Waals surface area contributed by atoms with Gasteiger partial charge in [-0.15, -0.1) is 0 Å². The molecule has 1 aliphatic heterocycles. The lowest BCUT2D eigenvalue weighted by atomic mass is 9.97. The van der Waals surface area contributed by atoms with Gasteiger partial charge in [0.15, 0.2) is 6.29 Å². The zero-order valence-electron chi connectivity index (χ0n) is 26.6. The zero-order chi connectivity index (χ0) is 33.3. The number of para-hydroxylation sites is 2. The molecular weight excluding hydrogens is 608 g/mol. The summed E-state index contributed by atoms with van der Waals surface area (Å²) in [5.74, 6) is -0.539. The molecule has 4 N–H and O–H groups in total. The average molecular weight is 649 g/mol. The van der Waals surface area contributed by atoms with Gasteiger partial charge in [0.2, 0.25) is 11.8 Å². The zero-order valence-corrected chi connectivity index (χ0v) is 26.6. The minimum Gasteiger partial charge on any atom is -0.392 e. The Morgan fingerprint density at radius 2 is 1.54 bits per heavy atom. The molecule has 10 heteroatoms. The molecule has 5 aromatic rings. The van der Waals surface area contributed by atoms with Gasteiger partial charge in [-0.2, -0.15) is 0 Å². The third-order valence-corrected chi connectivity index (χ3v) is 8.71. The van der Waals surface area contributed by atoms with Gasteiger partial charge in [-0.05, 0) is 52.8 Å². The molecule has 1 aromatic heterocycles. The molecule has 0 aliphatic carbocycles. The van der Waals surface area contributed by atoms with Gasteiger partial charge >= 0.3 is 0 Å². The van der Waals surface area contributed by atoms with E-state index >= 15 is 0 Å². The van der Waals surface area contributed by atoms with Crippen molar-refractivity contribution in [2.24, 2.45) is 0 Å². The molecule has 0 radical (unpaired) electrons. The molecule has 0 bridgehead atoms. The van der Waals surface area contributed by atoms with Crippen LogP contribution in [0.5, 0.6) is 0 Å². The Morgan fingerprint density at radius 3 is 2.31 bits per heavy atom. The number of nitrogens with one attached hydrogen (secondary N) is 2. The van der Waals surface area contributed by atoms with Crippen LogP contribution in [0.3, 0.4) is 0 Å². The Balaban J connectivity index is 1.16. The SMILES string of the molecule is O=C(CCCCC(=O)NCc1ccccc1-c1ccc([C@@H]2O[C@H](Cn3cnc4ccccc43)C[C@H](c3ccc(CO)cc3)O2)cc1)NO. The number of benzene rings is 4. The van der Waals surface area contributed by atoms with Gasteiger partial charge in [-0.1, -0.05) is 84.9 Å².